The highest BCUT2D eigenvalue weighted by Crippen LogP contribution is 2.25. The molecule has 1 amide bonds. The maximum absolute atomic E-state index is 12.6. The van der Waals surface area contributed by atoms with Gasteiger partial charge in [0.05, 0.1) is 37.4 Å². The van der Waals surface area contributed by atoms with Crippen LogP contribution in [0.15, 0.2) is 63.9 Å². The molecule has 0 atom stereocenters. The Balaban J connectivity index is 1.47. The fourth-order valence-corrected chi connectivity index (χ4v) is 2.65. The molecule has 4 aromatic rings. The Kier molecular flexibility index (Phi) is 4.44. The van der Waals surface area contributed by atoms with Gasteiger partial charge >= 0.3 is 0 Å². The van der Waals surface area contributed by atoms with Crippen molar-refractivity contribution in [3.8, 4) is 28.5 Å². The number of rotatable bonds is 6. The second-order valence-electron chi connectivity index (χ2n) is 5.73. The number of hydrogen-bond donors (Lipinski definition) is 2. The number of carbonyl (C=O) groups is 1. The van der Waals surface area contributed by atoms with E-state index >= 15 is 0 Å². The molecule has 0 saturated carbocycles. The van der Waals surface area contributed by atoms with Crippen molar-refractivity contribution in [3.63, 3.8) is 0 Å². The summed E-state index contributed by atoms with van der Waals surface area (Å²) in [5.74, 6) is 1.51. The van der Waals surface area contributed by atoms with E-state index in [2.05, 4.69) is 20.7 Å². The molecule has 0 radical (unpaired) electrons. The molecule has 8 nitrogen and oxygen atoms in total. The van der Waals surface area contributed by atoms with Gasteiger partial charge in [-0.1, -0.05) is 17.3 Å². The number of methoxy groups -OCH3 is 1. The van der Waals surface area contributed by atoms with Crippen molar-refractivity contribution in [2.45, 2.75) is 6.54 Å². The summed E-state index contributed by atoms with van der Waals surface area (Å²) < 4.78 is 15.7. The molecule has 1 aromatic carbocycles. The summed E-state index contributed by atoms with van der Waals surface area (Å²) in [5.41, 5.74) is 2.43. The SMILES string of the molecule is COc1cccc(-c2[nH]ncc2C(=O)NCc2cc(-c3ccco3)on2)c1. The number of aromatic nitrogens is 3. The van der Waals surface area contributed by atoms with Crippen LogP contribution in [-0.2, 0) is 6.54 Å². The van der Waals surface area contributed by atoms with Gasteiger partial charge in [0.25, 0.3) is 5.91 Å². The molecule has 0 bridgehead atoms. The van der Waals surface area contributed by atoms with Crippen molar-refractivity contribution in [3.05, 3.63) is 66.2 Å². The molecule has 0 unspecified atom stereocenters. The third-order valence-corrected chi connectivity index (χ3v) is 4.00. The molecule has 0 spiro atoms. The normalized spacial score (nSPS) is 10.7. The van der Waals surface area contributed by atoms with E-state index in [1.54, 1.807) is 31.6 Å². The van der Waals surface area contributed by atoms with Gasteiger partial charge in [0, 0.05) is 11.6 Å². The first-order chi connectivity index (χ1) is 13.2. The van der Waals surface area contributed by atoms with E-state index in [0.29, 0.717) is 34.2 Å². The Hall–Kier alpha value is -3.81. The van der Waals surface area contributed by atoms with Crippen molar-refractivity contribution in [1.82, 2.24) is 20.7 Å². The standard InChI is InChI=1S/C19H16N4O4/c1-25-14-5-2-4-12(8-14)18-15(11-21-22-18)19(24)20-10-13-9-17(27-23-13)16-6-3-7-26-16/h2-9,11H,10H2,1H3,(H,20,24)(H,21,22). The first-order valence-electron chi connectivity index (χ1n) is 8.20. The number of ether oxygens (including phenoxy) is 1. The zero-order chi connectivity index (χ0) is 18.6. The van der Waals surface area contributed by atoms with Gasteiger partial charge in [-0.3, -0.25) is 9.89 Å². The number of H-pyrrole nitrogens is 1. The second kappa shape index (κ2) is 7.20. The van der Waals surface area contributed by atoms with E-state index in [4.69, 9.17) is 13.7 Å². The van der Waals surface area contributed by atoms with Crippen molar-refractivity contribution in [1.29, 1.82) is 0 Å². The first kappa shape index (κ1) is 16.6. The number of carbonyl (C=O) groups excluding carboxylic acids is 1. The van der Waals surface area contributed by atoms with E-state index in [9.17, 15) is 4.79 Å². The minimum Gasteiger partial charge on any atom is -0.497 e. The van der Waals surface area contributed by atoms with Crippen LogP contribution in [0.2, 0.25) is 0 Å². The summed E-state index contributed by atoms with van der Waals surface area (Å²) >= 11 is 0. The fourth-order valence-electron chi connectivity index (χ4n) is 2.65. The van der Waals surface area contributed by atoms with Gasteiger partial charge in [0.15, 0.2) is 5.76 Å². The number of benzene rings is 1. The minimum absolute atomic E-state index is 0.214. The Morgan fingerprint density at radius 3 is 2.96 bits per heavy atom. The minimum atomic E-state index is -0.274. The molecule has 136 valence electrons. The van der Waals surface area contributed by atoms with Gasteiger partial charge < -0.3 is 19.0 Å². The molecule has 8 heteroatoms. The van der Waals surface area contributed by atoms with Crippen LogP contribution in [0.4, 0.5) is 0 Å². The third kappa shape index (κ3) is 3.45. The molecule has 0 aliphatic rings. The average Bonchev–Trinajstić information content (AvgIpc) is 3.47. The van der Waals surface area contributed by atoms with Gasteiger partial charge in [-0.2, -0.15) is 5.10 Å². The van der Waals surface area contributed by atoms with Gasteiger partial charge in [-0.25, -0.2) is 0 Å². The lowest BCUT2D eigenvalue weighted by atomic mass is 10.1. The molecule has 0 saturated heterocycles. The number of hydrogen-bond acceptors (Lipinski definition) is 6. The van der Waals surface area contributed by atoms with Gasteiger partial charge in [-0.15, -0.1) is 0 Å². The molecule has 0 aliphatic heterocycles. The molecule has 2 N–H and O–H groups in total. The lowest BCUT2D eigenvalue weighted by Gasteiger charge is -2.06. The zero-order valence-electron chi connectivity index (χ0n) is 14.4. The highest BCUT2D eigenvalue weighted by atomic mass is 16.5. The van der Waals surface area contributed by atoms with Crippen LogP contribution in [0, 0.1) is 0 Å². The Labute approximate surface area is 154 Å². The lowest BCUT2D eigenvalue weighted by Crippen LogP contribution is -2.23. The van der Waals surface area contributed by atoms with Crippen LogP contribution in [0.5, 0.6) is 5.75 Å². The highest BCUT2D eigenvalue weighted by molar-refractivity contribution is 5.99. The van der Waals surface area contributed by atoms with Crippen LogP contribution in [-0.4, -0.2) is 28.4 Å². The molecular formula is C19H16N4O4. The van der Waals surface area contributed by atoms with E-state index < -0.39 is 0 Å². The molecule has 0 fully saturated rings. The predicted octanol–water partition coefficient (Wildman–Crippen LogP) is 3.26. The maximum atomic E-state index is 12.6. The largest absolute Gasteiger partial charge is 0.497 e. The Bertz CT molecular complexity index is 1050. The summed E-state index contributed by atoms with van der Waals surface area (Å²) in [6.45, 7) is 0.214. The first-order valence-corrected chi connectivity index (χ1v) is 8.20. The third-order valence-electron chi connectivity index (χ3n) is 4.00. The second-order valence-corrected chi connectivity index (χ2v) is 5.73. The van der Waals surface area contributed by atoms with Gasteiger partial charge in [-0.05, 0) is 24.3 Å². The number of furan rings is 1. The molecule has 0 aliphatic carbocycles. The van der Waals surface area contributed by atoms with Gasteiger partial charge in [0.1, 0.15) is 11.4 Å². The summed E-state index contributed by atoms with van der Waals surface area (Å²) in [5, 5.41) is 13.6. The van der Waals surface area contributed by atoms with E-state index in [-0.39, 0.29) is 12.5 Å². The average molecular weight is 364 g/mol. The van der Waals surface area contributed by atoms with Crippen molar-refractivity contribution < 1.29 is 18.5 Å². The van der Waals surface area contributed by atoms with Crippen molar-refractivity contribution in [2.24, 2.45) is 0 Å². The zero-order valence-corrected chi connectivity index (χ0v) is 14.4. The topological polar surface area (TPSA) is 106 Å². The molecule has 3 aromatic heterocycles. The maximum Gasteiger partial charge on any atom is 0.255 e. The van der Waals surface area contributed by atoms with Crippen LogP contribution in [0.25, 0.3) is 22.8 Å². The Morgan fingerprint density at radius 1 is 1.22 bits per heavy atom. The highest BCUT2D eigenvalue weighted by Gasteiger charge is 2.16. The quantitative estimate of drug-likeness (QED) is 0.544. The van der Waals surface area contributed by atoms with E-state index in [1.807, 2.05) is 24.3 Å². The molecular weight excluding hydrogens is 348 g/mol. The monoisotopic (exact) mass is 364 g/mol. The molecule has 4 rings (SSSR count). The summed E-state index contributed by atoms with van der Waals surface area (Å²) in [6, 6.07) is 12.6. The van der Waals surface area contributed by atoms with Crippen LogP contribution in [0.1, 0.15) is 16.1 Å². The molecule has 3 heterocycles. The lowest BCUT2D eigenvalue weighted by molar-refractivity contribution is 0.0951. The number of aromatic amines is 1. The van der Waals surface area contributed by atoms with Crippen LogP contribution < -0.4 is 10.1 Å². The fraction of sp³-hybridized carbons (Fsp3) is 0.105. The number of nitrogens with one attached hydrogen (secondary N) is 2. The summed E-state index contributed by atoms with van der Waals surface area (Å²) in [7, 11) is 1.59. The van der Waals surface area contributed by atoms with Crippen LogP contribution in [0.3, 0.4) is 0 Å². The predicted molar refractivity (Wildman–Crippen MR) is 96.0 cm³/mol. The summed E-state index contributed by atoms with van der Waals surface area (Å²) in [6.07, 6.45) is 3.04. The smallest absolute Gasteiger partial charge is 0.255 e. The number of amides is 1. The van der Waals surface area contributed by atoms with Crippen LogP contribution >= 0.6 is 0 Å². The Morgan fingerprint density at radius 2 is 2.15 bits per heavy atom. The van der Waals surface area contributed by atoms with E-state index in [0.717, 1.165) is 5.56 Å². The van der Waals surface area contributed by atoms with E-state index in [1.165, 1.54) is 6.20 Å². The van der Waals surface area contributed by atoms with Crippen molar-refractivity contribution >= 4 is 5.91 Å². The van der Waals surface area contributed by atoms with Gasteiger partial charge in [0.2, 0.25) is 5.76 Å². The molecule has 27 heavy (non-hydrogen) atoms. The van der Waals surface area contributed by atoms with Crippen molar-refractivity contribution in [2.75, 3.05) is 7.11 Å². The summed E-state index contributed by atoms with van der Waals surface area (Å²) in [4.78, 5) is 12.6. The number of nitrogens with zero attached hydrogens (tertiary/aromatic N) is 2.